The fourth-order valence-corrected chi connectivity index (χ4v) is 2.22. The summed E-state index contributed by atoms with van der Waals surface area (Å²) in [7, 11) is 1.51. The van der Waals surface area contributed by atoms with Crippen LogP contribution in [0.25, 0.3) is 0 Å². The molecule has 18 heavy (non-hydrogen) atoms. The lowest BCUT2D eigenvalue weighted by Crippen LogP contribution is -2.05. The van der Waals surface area contributed by atoms with Crippen LogP contribution in [-0.2, 0) is 9.53 Å². The first kappa shape index (κ1) is 12.9. The van der Waals surface area contributed by atoms with Gasteiger partial charge < -0.3 is 9.47 Å². The van der Waals surface area contributed by atoms with Gasteiger partial charge in [0.05, 0.1) is 13.7 Å². The second kappa shape index (κ2) is 5.38. The van der Waals surface area contributed by atoms with E-state index in [1.807, 2.05) is 0 Å². The summed E-state index contributed by atoms with van der Waals surface area (Å²) < 4.78 is 23.6. The predicted molar refractivity (Wildman–Crippen MR) is 65.1 cm³/mol. The Hall–Kier alpha value is -1.58. The fraction of sp³-hybridized carbons (Fsp3) is 0.500. The van der Waals surface area contributed by atoms with Gasteiger partial charge in [0.15, 0.2) is 0 Å². The number of benzene rings is 1. The quantitative estimate of drug-likeness (QED) is 0.756. The lowest BCUT2D eigenvalue weighted by molar-refractivity contribution is -0.143. The van der Waals surface area contributed by atoms with Gasteiger partial charge in [-0.05, 0) is 36.8 Å². The molecule has 0 aliphatic heterocycles. The zero-order valence-electron chi connectivity index (χ0n) is 10.6. The summed E-state index contributed by atoms with van der Waals surface area (Å²) in [5.41, 5.74) is 0.671. The highest BCUT2D eigenvalue weighted by molar-refractivity contribution is 5.70. The zero-order chi connectivity index (χ0) is 13.1. The highest BCUT2D eigenvalue weighted by Gasteiger charge is 2.41. The second-order valence-electron chi connectivity index (χ2n) is 4.50. The number of halogens is 1. The van der Waals surface area contributed by atoms with Gasteiger partial charge in [-0.25, -0.2) is 4.39 Å². The number of carbonyl (C=O) groups is 1. The first-order chi connectivity index (χ1) is 8.65. The molecule has 98 valence electrons. The molecule has 0 aromatic heterocycles. The number of hydrogen-bond acceptors (Lipinski definition) is 3. The van der Waals surface area contributed by atoms with Crippen molar-refractivity contribution >= 4 is 5.97 Å². The van der Waals surface area contributed by atoms with Gasteiger partial charge in [-0.1, -0.05) is 6.07 Å². The molecule has 0 spiro atoms. The molecular weight excluding hydrogens is 235 g/mol. The van der Waals surface area contributed by atoms with Crippen LogP contribution in [-0.4, -0.2) is 19.7 Å². The molecule has 2 unspecified atom stereocenters. The Kier molecular flexibility index (Phi) is 3.84. The Balaban J connectivity index is 1.97. The van der Waals surface area contributed by atoms with Gasteiger partial charge in [0.1, 0.15) is 11.6 Å². The van der Waals surface area contributed by atoms with E-state index in [2.05, 4.69) is 0 Å². The van der Waals surface area contributed by atoms with Gasteiger partial charge in [-0.2, -0.15) is 0 Å². The SMILES string of the molecule is CCOC(=O)CC1CC1c1ccc(OC)cc1F. The number of methoxy groups -OCH3 is 1. The van der Waals surface area contributed by atoms with Gasteiger partial charge in [-0.15, -0.1) is 0 Å². The van der Waals surface area contributed by atoms with E-state index in [4.69, 9.17) is 9.47 Å². The Morgan fingerprint density at radius 3 is 2.89 bits per heavy atom. The van der Waals surface area contributed by atoms with E-state index in [9.17, 15) is 9.18 Å². The molecule has 1 aliphatic carbocycles. The van der Waals surface area contributed by atoms with Crippen molar-refractivity contribution in [3.05, 3.63) is 29.6 Å². The normalized spacial score (nSPS) is 21.5. The van der Waals surface area contributed by atoms with E-state index in [-0.39, 0.29) is 23.6 Å². The van der Waals surface area contributed by atoms with Crippen LogP contribution < -0.4 is 4.74 Å². The fourth-order valence-electron chi connectivity index (χ4n) is 2.22. The summed E-state index contributed by atoms with van der Waals surface area (Å²) in [6, 6.07) is 4.87. The van der Waals surface area contributed by atoms with E-state index in [0.29, 0.717) is 24.3 Å². The molecule has 0 amide bonds. The van der Waals surface area contributed by atoms with Crippen LogP contribution in [0, 0.1) is 11.7 Å². The van der Waals surface area contributed by atoms with Crippen LogP contribution in [0.15, 0.2) is 18.2 Å². The Morgan fingerprint density at radius 2 is 2.28 bits per heavy atom. The maximum atomic E-state index is 13.8. The predicted octanol–water partition coefficient (Wildman–Crippen LogP) is 2.89. The van der Waals surface area contributed by atoms with Crippen LogP contribution in [0.2, 0.25) is 0 Å². The summed E-state index contributed by atoms with van der Waals surface area (Å²) in [5, 5.41) is 0. The minimum Gasteiger partial charge on any atom is -0.497 e. The molecule has 0 saturated heterocycles. The molecule has 1 aromatic rings. The zero-order valence-corrected chi connectivity index (χ0v) is 10.6. The Morgan fingerprint density at radius 1 is 1.50 bits per heavy atom. The standard InChI is InChI=1S/C14H17FO3/c1-3-18-14(16)7-9-6-12(9)11-5-4-10(17-2)8-13(11)15/h4-5,8-9,12H,3,6-7H2,1-2H3. The van der Waals surface area contributed by atoms with Gasteiger partial charge >= 0.3 is 5.97 Å². The summed E-state index contributed by atoms with van der Waals surface area (Å²) in [4.78, 5) is 11.3. The maximum Gasteiger partial charge on any atom is 0.306 e. The molecule has 1 fully saturated rings. The first-order valence-corrected chi connectivity index (χ1v) is 6.14. The van der Waals surface area contributed by atoms with Crippen LogP contribution in [0.3, 0.4) is 0 Å². The van der Waals surface area contributed by atoms with E-state index < -0.39 is 0 Å². The van der Waals surface area contributed by atoms with Crippen molar-refractivity contribution in [3.63, 3.8) is 0 Å². The number of ether oxygens (including phenoxy) is 2. The van der Waals surface area contributed by atoms with E-state index in [0.717, 1.165) is 6.42 Å². The molecule has 2 atom stereocenters. The first-order valence-electron chi connectivity index (χ1n) is 6.14. The molecule has 0 bridgehead atoms. The van der Waals surface area contributed by atoms with Crippen molar-refractivity contribution in [1.29, 1.82) is 0 Å². The molecule has 3 nitrogen and oxygen atoms in total. The third-order valence-corrected chi connectivity index (χ3v) is 3.26. The van der Waals surface area contributed by atoms with Crippen molar-refractivity contribution in [2.45, 2.75) is 25.7 Å². The number of rotatable bonds is 5. The number of esters is 1. The third-order valence-electron chi connectivity index (χ3n) is 3.26. The van der Waals surface area contributed by atoms with E-state index in [1.165, 1.54) is 13.2 Å². The molecule has 0 radical (unpaired) electrons. The lowest BCUT2D eigenvalue weighted by atomic mass is 10.1. The molecule has 4 heteroatoms. The number of carbonyl (C=O) groups excluding carboxylic acids is 1. The molecule has 1 aliphatic rings. The average Bonchev–Trinajstić information content (AvgIpc) is 3.08. The van der Waals surface area contributed by atoms with Crippen LogP contribution in [0.5, 0.6) is 5.75 Å². The minimum atomic E-state index is -0.259. The molecule has 2 rings (SSSR count). The molecule has 1 aromatic carbocycles. The van der Waals surface area contributed by atoms with Crippen molar-refractivity contribution in [3.8, 4) is 5.75 Å². The van der Waals surface area contributed by atoms with Crippen molar-refractivity contribution in [2.75, 3.05) is 13.7 Å². The summed E-state index contributed by atoms with van der Waals surface area (Å²) in [5.74, 6) is 0.413. The molecule has 0 N–H and O–H groups in total. The van der Waals surface area contributed by atoms with E-state index in [1.54, 1.807) is 19.1 Å². The van der Waals surface area contributed by atoms with Crippen LogP contribution in [0.4, 0.5) is 4.39 Å². The lowest BCUT2D eigenvalue weighted by Gasteiger charge is -2.05. The topological polar surface area (TPSA) is 35.5 Å². The highest BCUT2D eigenvalue weighted by Crippen LogP contribution is 2.50. The molecule has 0 heterocycles. The largest absolute Gasteiger partial charge is 0.497 e. The number of hydrogen-bond donors (Lipinski definition) is 0. The second-order valence-corrected chi connectivity index (χ2v) is 4.50. The minimum absolute atomic E-state index is 0.139. The van der Waals surface area contributed by atoms with Gasteiger partial charge in [-0.3, -0.25) is 4.79 Å². The summed E-state index contributed by atoms with van der Waals surface area (Å²) in [6.45, 7) is 2.18. The summed E-state index contributed by atoms with van der Waals surface area (Å²) in [6.07, 6.45) is 1.23. The molecular formula is C14H17FO3. The maximum absolute atomic E-state index is 13.8. The highest BCUT2D eigenvalue weighted by atomic mass is 19.1. The average molecular weight is 252 g/mol. The van der Waals surface area contributed by atoms with Gasteiger partial charge in [0.2, 0.25) is 0 Å². The van der Waals surface area contributed by atoms with Crippen molar-refractivity contribution in [1.82, 2.24) is 0 Å². The smallest absolute Gasteiger partial charge is 0.306 e. The Labute approximate surface area is 106 Å². The van der Waals surface area contributed by atoms with E-state index >= 15 is 0 Å². The van der Waals surface area contributed by atoms with Gasteiger partial charge in [0, 0.05) is 12.5 Å². The van der Waals surface area contributed by atoms with Crippen LogP contribution >= 0.6 is 0 Å². The summed E-state index contributed by atoms with van der Waals surface area (Å²) >= 11 is 0. The van der Waals surface area contributed by atoms with Crippen molar-refractivity contribution < 1.29 is 18.7 Å². The third kappa shape index (κ3) is 2.81. The van der Waals surface area contributed by atoms with Crippen LogP contribution in [0.1, 0.15) is 31.2 Å². The molecule has 1 saturated carbocycles. The monoisotopic (exact) mass is 252 g/mol. The van der Waals surface area contributed by atoms with Gasteiger partial charge in [0.25, 0.3) is 0 Å². The van der Waals surface area contributed by atoms with Crippen molar-refractivity contribution in [2.24, 2.45) is 5.92 Å². The Bertz CT molecular complexity index is 445.